The van der Waals surface area contributed by atoms with Crippen LogP contribution in [0.5, 0.6) is 0 Å². The van der Waals surface area contributed by atoms with Gasteiger partial charge in [0.25, 0.3) is 0 Å². The Labute approximate surface area is 118 Å². The lowest BCUT2D eigenvalue weighted by Gasteiger charge is -2.14. The van der Waals surface area contributed by atoms with Crippen LogP contribution < -0.4 is 4.72 Å². The van der Waals surface area contributed by atoms with Gasteiger partial charge in [-0.25, -0.2) is 17.9 Å². The number of carboxylic acids is 1. The van der Waals surface area contributed by atoms with Crippen LogP contribution in [0.3, 0.4) is 0 Å². The van der Waals surface area contributed by atoms with Crippen molar-refractivity contribution in [3.05, 3.63) is 17.0 Å². The van der Waals surface area contributed by atoms with Gasteiger partial charge in [-0.05, 0) is 33.6 Å². The molecule has 4 N–H and O–H groups in total. The first-order valence-electron chi connectivity index (χ1n) is 6.26. The lowest BCUT2D eigenvalue weighted by Crippen LogP contribution is -2.33. The molecule has 0 aliphatic carbocycles. The molecular weight excluding hydrogens is 284 g/mol. The van der Waals surface area contributed by atoms with Gasteiger partial charge in [0, 0.05) is 23.9 Å². The number of aliphatic hydroxyl groups excluding tert-OH is 1. The molecule has 0 spiro atoms. The van der Waals surface area contributed by atoms with Gasteiger partial charge in [-0.3, -0.25) is 0 Å². The highest BCUT2D eigenvalue weighted by Crippen LogP contribution is 2.23. The zero-order chi connectivity index (χ0) is 15.5. The fourth-order valence-electron chi connectivity index (χ4n) is 2.13. The molecule has 0 fully saturated rings. The number of carbonyl (C=O) groups is 1. The van der Waals surface area contributed by atoms with Gasteiger partial charge in [0.05, 0.1) is 0 Å². The summed E-state index contributed by atoms with van der Waals surface area (Å²) in [6.07, 6.45) is 0.999. The molecule has 0 aliphatic heterocycles. The van der Waals surface area contributed by atoms with Crippen LogP contribution in [0.2, 0.25) is 0 Å². The van der Waals surface area contributed by atoms with E-state index in [1.54, 1.807) is 6.92 Å². The Hall–Kier alpha value is -1.38. The van der Waals surface area contributed by atoms with E-state index in [9.17, 15) is 13.2 Å². The Morgan fingerprint density at radius 1 is 1.40 bits per heavy atom. The van der Waals surface area contributed by atoms with Gasteiger partial charge in [-0.15, -0.1) is 0 Å². The molecule has 1 aromatic heterocycles. The van der Waals surface area contributed by atoms with Gasteiger partial charge < -0.3 is 15.2 Å². The predicted octanol–water partition coefficient (Wildman–Crippen LogP) is 0.769. The number of nitrogens with one attached hydrogen (secondary N) is 2. The molecule has 7 nitrogen and oxygen atoms in total. The Morgan fingerprint density at radius 2 is 2.00 bits per heavy atom. The summed E-state index contributed by atoms with van der Waals surface area (Å²) in [5, 5.41) is 17.7. The molecule has 0 radical (unpaired) electrons. The molecular formula is C12H20N2O5S. The number of hydrogen-bond acceptors (Lipinski definition) is 4. The van der Waals surface area contributed by atoms with E-state index in [0.29, 0.717) is 18.5 Å². The third kappa shape index (κ3) is 3.59. The predicted molar refractivity (Wildman–Crippen MR) is 73.3 cm³/mol. The highest BCUT2D eigenvalue weighted by Gasteiger charge is 2.27. The van der Waals surface area contributed by atoms with Gasteiger partial charge in [-0.2, -0.15) is 0 Å². The van der Waals surface area contributed by atoms with Crippen molar-refractivity contribution < 1.29 is 23.4 Å². The maximum atomic E-state index is 12.3. The van der Waals surface area contributed by atoms with Gasteiger partial charge in [0.15, 0.2) is 0 Å². The van der Waals surface area contributed by atoms with Gasteiger partial charge in [-0.1, -0.05) is 0 Å². The number of H-pyrrole nitrogens is 1. The van der Waals surface area contributed by atoms with Crippen molar-refractivity contribution in [1.29, 1.82) is 0 Å². The second kappa shape index (κ2) is 6.38. The van der Waals surface area contributed by atoms with E-state index >= 15 is 0 Å². The Balaban J connectivity index is 3.07. The van der Waals surface area contributed by atoms with Crippen LogP contribution in [0.15, 0.2) is 4.90 Å². The summed E-state index contributed by atoms with van der Waals surface area (Å²) in [7, 11) is -3.79. The molecule has 0 bridgehead atoms. The summed E-state index contributed by atoms with van der Waals surface area (Å²) in [6, 6.07) is -0.339. The molecule has 1 atom stereocenters. The van der Waals surface area contributed by atoms with Crippen molar-refractivity contribution >= 4 is 16.0 Å². The van der Waals surface area contributed by atoms with E-state index in [4.69, 9.17) is 10.2 Å². The van der Waals surface area contributed by atoms with Crippen molar-refractivity contribution in [3.63, 3.8) is 0 Å². The van der Waals surface area contributed by atoms with Crippen LogP contribution in [0.1, 0.15) is 41.5 Å². The molecule has 0 amide bonds. The van der Waals surface area contributed by atoms with E-state index in [0.717, 1.165) is 0 Å². The Kier molecular flexibility index (Phi) is 5.32. The van der Waals surface area contributed by atoms with Crippen LogP contribution in [0.4, 0.5) is 0 Å². The average molecular weight is 304 g/mol. The fourth-order valence-corrected chi connectivity index (χ4v) is 3.85. The van der Waals surface area contributed by atoms with Crippen molar-refractivity contribution in [1.82, 2.24) is 9.71 Å². The Morgan fingerprint density at radius 3 is 2.45 bits per heavy atom. The molecule has 0 aliphatic rings. The van der Waals surface area contributed by atoms with Gasteiger partial charge >= 0.3 is 5.97 Å². The Bertz CT molecular complexity index is 591. The number of rotatable bonds is 7. The smallest absolute Gasteiger partial charge is 0.352 e. The molecule has 8 heteroatoms. The normalized spacial score (nSPS) is 13.4. The molecule has 1 heterocycles. The molecule has 1 unspecified atom stereocenters. The maximum Gasteiger partial charge on any atom is 0.352 e. The molecule has 1 rings (SSSR count). The number of aromatic nitrogens is 1. The van der Waals surface area contributed by atoms with E-state index in [2.05, 4.69) is 9.71 Å². The minimum absolute atomic E-state index is 0.00254. The van der Waals surface area contributed by atoms with E-state index in [-0.39, 0.29) is 28.8 Å². The lowest BCUT2D eigenvalue weighted by molar-refractivity contribution is 0.0690. The number of carboxylic acid groups (broad SMARTS) is 1. The summed E-state index contributed by atoms with van der Waals surface area (Å²) in [6.45, 7) is 4.67. The molecule has 20 heavy (non-hydrogen) atoms. The lowest BCUT2D eigenvalue weighted by atomic mass is 10.2. The number of aromatic carboxylic acids is 1. The molecule has 0 saturated carbocycles. The number of hydrogen-bond donors (Lipinski definition) is 4. The second-order valence-corrected chi connectivity index (χ2v) is 6.42. The monoisotopic (exact) mass is 304 g/mol. The second-order valence-electron chi connectivity index (χ2n) is 4.77. The number of aromatic amines is 1. The van der Waals surface area contributed by atoms with E-state index in [1.165, 1.54) is 13.8 Å². The maximum absolute atomic E-state index is 12.3. The van der Waals surface area contributed by atoms with E-state index < -0.39 is 16.0 Å². The third-order valence-electron chi connectivity index (χ3n) is 3.00. The van der Waals surface area contributed by atoms with Crippen LogP contribution in [-0.2, 0) is 10.0 Å². The average Bonchev–Trinajstić information content (AvgIpc) is 2.62. The summed E-state index contributed by atoms with van der Waals surface area (Å²) in [5.41, 5.74) is 0.365. The summed E-state index contributed by atoms with van der Waals surface area (Å²) in [5.74, 6) is -1.19. The zero-order valence-electron chi connectivity index (χ0n) is 11.7. The molecule has 114 valence electrons. The van der Waals surface area contributed by atoms with Crippen molar-refractivity contribution in [2.45, 2.75) is 44.6 Å². The van der Waals surface area contributed by atoms with Crippen LogP contribution >= 0.6 is 0 Å². The van der Waals surface area contributed by atoms with Gasteiger partial charge in [0.2, 0.25) is 10.0 Å². The van der Waals surface area contributed by atoms with Crippen LogP contribution in [0, 0.1) is 13.8 Å². The zero-order valence-corrected chi connectivity index (χ0v) is 12.5. The number of aliphatic hydroxyl groups is 1. The number of aryl methyl sites for hydroxylation is 1. The largest absolute Gasteiger partial charge is 0.477 e. The topological polar surface area (TPSA) is 119 Å². The van der Waals surface area contributed by atoms with Crippen molar-refractivity contribution in [2.75, 3.05) is 6.61 Å². The minimum Gasteiger partial charge on any atom is -0.477 e. The summed E-state index contributed by atoms with van der Waals surface area (Å²) in [4.78, 5) is 13.6. The van der Waals surface area contributed by atoms with Crippen LogP contribution in [0.25, 0.3) is 0 Å². The molecule has 0 saturated heterocycles. The minimum atomic E-state index is -3.79. The summed E-state index contributed by atoms with van der Waals surface area (Å²) < 4.78 is 27.1. The van der Waals surface area contributed by atoms with Gasteiger partial charge in [0.1, 0.15) is 10.6 Å². The first-order chi connectivity index (χ1) is 9.20. The quantitative estimate of drug-likeness (QED) is 0.593. The van der Waals surface area contributed by atoms with Crippen molar-refractivity contribution in [2.24, 2.45) is 0 Å². The van der Waals surface area contributed by atoms with Crippen LogP contribution in [-0.4, -0.2) is 42.2 Å². The highest BCUT2D eigenvalue weighted by atomic mass is 32.2. The van der Waals surface area contributed by atoms with Crippen molar-refractivity contribution in [3.8, 4) is 0 Å². The van der Waals surface area contributed by atoms with E-state index in [1.807, 2.05) is 0 Å². The summed E-state index contributed by atoms with van der Waals surface area (Å²) >= 11 is 0. The third-order valence-corrected chi connectivity index (χ3v) is 4.87. The fraction of sp³-hybridized carbons (Fsp3) is 0.583. The first kappa shape index (κ1) is 16.7. The highest BCUT2D eigenvalue weighted by molar-refractivity contribution is 7.89. The SMILES string of the molecule is Cc1[nH]c(C(=O)O)c(C)c1S(=O)(=O)NC(C)CCCO. The first-order valence-corrected chi connectivity index (χ1v) is 7.74. The number of sulfonamides is 1. The molecule has 0 aromatic carbocycles. The standard InChI is InChI=1S/C12H20N2O5S/c1-7(5-4-6-15)14-20(18,19)11-8(2)10(12(16)17)13-9(11)3/h7,13-15H,4-6H2,1-3H3,(H,16,17). The molecule has 1 aromatic rings.